The molecule has 1 saturated heterocycles. The molecular formula is C19H23N3O4S2. The first-order valence-electron chi connectivity index (χ1n) is 8.72. The van der Waals surface area contributed by atoms with Crippen molar-refractivity contribution in [1.82, 2.24) is 9.79 Å². The fraction of sp³-hybridized carbons (Fsp3) is 0.316. The van der Waals surface area contributed by atoms with Gasteiger partial charge in [0, 0.05) is 22.7 Å². The van der Waals surface area contributed by atoms with Crippen LogP contribution < -0.4 is 11.2 Å². The number of amides is 1. The van der Waals surface area contributed by atoms with Crippen LogP contribution in [-0.4, -0.2) is 46.9 Å². The standard InChI is InChI=1S/C19H23N3O4S2/c1-19(2)17(18(23)21-24)22(10-11-27-19)28(25,26)16-8-6-13(7-9-16)14-4-3-5-15(20)12-14/h3-9,12,17,24H,10-11,20H2,1-2H3,(H,21,23)/t17-/m0/s1. The van der Waals surface area contributed by atoms with Crippen LogP contribution in [0.4, 0.5) is 5.69 Å². The van der Waals surface area contributed by atoms with Crippen molar-refractivity contribution in [3.8, 4) is 11.1 Å². The number of rotatable bonds is 4. The van der Waals surface area contributed by atoms with Crippen molar-refractivity contribution >= 4 is 33.4 Å². The third-order valence-corrected chi connectivity index (χ3v) is 8.00. The van der Waals surface area contributed by atoms with Crippen molar-refractivity contribution in [2.75, 3.05) is 18.0 Å². The van der Waals surface area contributed by atoms with E-state index in [9.17, 15) is 13.2 Å². The topological polar surface area (TPSA) is 113 Å². The highest BCUT2D eigenvalue weighted by atomic mass is 32.2. The number of nitrogen functional groups attached to an aromatic ring is 1. The Kier molecular flexibility index (Phi) is 5.72. The van der Waals surface area contributed by atoms with Crippen molar-refractivity contribution in [1.29, 1.82) is 0 Å². The molecule has 1 heterocycles. The van der Waals surface area contributed by atoms with Gasteiger partial charge in [0.05, 0.1) is 4.90 Å². The van der Waals surface area contributed by atoms with Crippen molar-refractivity contribution in [2.45, 2.75) is 29.5 Å². The molecule has 0 saturated carbocycles. The summed E-state index contributed by atoms with van der Waals surface area (Å²) in [5, 5.41) is 9.12. The van der Waals surface area contributed by atoms with Crippen molar-refractivity contribution in [3.63, 3.8) is 0 Å². The zero-order valence-electron chi connectivity index (χ0n) is 15.6. The highest BCUT2D eigenvalue weighted by molar-refractivity contribution is 8.00. The van der Waals surface area contributed by atoms with Gasteiger partial charge in [-0.3, -0.25) is 10.0 Å². The SMILES string of the molecule is CC1(C)SCCN(S(=O)(=O)c2ccc(-c3cccc(N)c3)cc2)[C@H]1C(=O)NO. The maximum Gasteiger partial charge on any atom is 0.263 e. The van der Waals surface area contributed by atoms with Crippen molar-refractivity contribution in [3.05, 3.63) is 48.5 Å². The van der Waals surface area contributed by atoms with E-state index >= 15 is 0 Å². The zero-order chi connectivity index (χ0) is 20.5. The van der Waals surface area contributed by atoms with Gasteiger partial charge < -0.3 is 5.73 Å². The van der Waals surface area contributed by atoms with Crippen LogP contribution in [0.25, 0.3) is 11.1 Å². The van der Waals surface area contributed by atoms with Crippen LogP contribution in [0.15, 0.2) is 53.4 Å². The number of nitrogens with two attached hydrogens (primary N) is 1. The molecule has 150 valence electrons. The number of hydrogen-bond acceptors (Lipinski definition) is 6. The van der Waals surface area contributed by atoms with E-state index in [1.54, 1.807) is 37.5 Å². The molecule has 0 unspecified atom stereocenters. The highest BCUT2D eigenvalue weighted by Gasteiger charge is 2.48. The van der Waals surface area contributed by atoms with Crippen LogP contribution in [0.5, 0.6) is 0 Å². The first-order valence-corrected chi connectivity index (χ1v) is 11.1. The van der Waals surface area contributed by atoms with Crippen LogP contribution in [0.2, 0.25) is 0 Å². The maximum absolute atomic E-state index is 13.2. The lowest BCUT2D eigenvalue weighted by molar-refractivity contribution is -0.134. The molecule has 28 heavy (non-hydrogen) atoms. The third-order valence-electron chi connectivity index (χ3n) is 4.77. The second-order valence-electron chi connectivity index (χ2n) is 7.10. The minimum Gasteiger partial charge on any atom is -0.399 e. The molecule has 4 N–H and O–H groups in total. The fourth-order valence-electron chi connectivity index (χ4n) is 3.39. The summed E-state index contributed by atoms with van der Waals surface area (Å²) in [6.07, 6.45) is 0. The summed E-state index contributed by atoms with van der Waals surface area (Å²) in [6.45, 7) is 3.77. The van der Waals surface area contributed by atoms with E-state index in [0.717, 1.165) is 11.1 Å². The second-order valence-corrected chi connectivity index (χ2v) is 10.7. The monoisotopic (exact) mass is 421 g/mol. The van der Waals surface area contributed by atoms with E-state index in [1.807, 2.05) is 18.2 Å². The van der Waals surface area contributed by atoms with Crippen molar-refractivity contribution in [2.24, 2.45) is 0 Å². The number of nitrogens with one attached hydrogen (secondary N) is 1. The summed E-state index contributed by atoms with van der Waals surface area (Å²) in [5.41, 5.74) is 9.77. The smallest absolute Gasteiger partial charge is 0.263 e. The Morgan fingerprint density at radius 2 is 1.89 bits per heavy atom. The first kappa shape index (κ1) is 20.7. The minimum absolute atomic E-state index is 0.0959. The van der Waals surface area contributed by atoms with Gasteiger partial charge in [-0.15, -0.1) is 0 Å². The molecule has 1 atom stereocenters. The molecule has 2 aromatic rings. The zero-order valence-corrected chi connectivity index (χ0v) is 17.3. The molecule has 0 spiro atoms. The van der Waals surface area contributed by atoms with Gasteiger partial charge in [-0.1, -0.05) is 24.3 Å². The summed E-state index contributed by atoms with van der Waals surface area (Å²) in [4.78, 5) is 12.3. The number of carbonyl (C=O) groups excluding carboxylic acids is 1. The number of nitrogens with zero attached hydrogens (tertiary/aromatic N) is 1. The lowest BCUT2D eigenvalue weighted by Gasteiger charge is -2.43. The number of benzene rings is 2. The Bertz CT molecular complexity index is 975. The average Bonchev–Trinajstić information content (AvgIpc) is 2.66. The Morgan fingerprint density at radius 3 is 2.50 bits per heavy atom. The molecule has 3 rings (SSSR count). The van der Waals surface area contributed by atoms with E-state index in [2.05, 4.69) is 0 Å². The molecule has 1 aliphatic rings. The second kappa shape index (κ2) is 7.75. The molecule has 0 aromatic heterocycles. The molecule has 0 radical (unpaired) electrons. The lowest BCUT2D eigenvalue weighted by Crippen LogP contribution is -2.61. The summed E-state index contributed by atoms with van der Waals surface area (Å²) < 4.78 is 27.0. The van der Waals surface area contributed by atoms with Crippen LogP contribution in [0, 0.1) is 0 Å². The van der Waals surface area contributed by atoms with Crippen LogP contribution in [-0.2, 0) is 14.8 Å². The van der Waals surface area contributed by atoms with E-state index < -0.39 is 26.7 Å². The lowest BCUT2D eigenvalue weighted by atomic mass is 10.0. The van der Waals surface area contributed by atoms with Crippen LogP contribution in [0.3, 0.4) is 0 Å². The van der Waals surface area contributed by atoms with E-state index in [0.29, 0.717) is 11.4 Å². The predicted molar refractivity (Wildman–Crippen MR) is 110 cm³/mol. The van der Waals surface area contributed by atoms with Crippen LogP contribution >= 0.6 is 11.8 Å². The summed E-state index contributed by atoms with van der Waals surface area (Å²) >= 11 is 1.50. The van der Waals surface area contributed by atoms with E-state index in [-0.39, 0.29) is 11.4 Å². The van der Waals surface area contributed by atoms with Crippen LogP contribution in [0.1, 0.15) is 13.8 Å². The molecule has 9 heteroatoms. The molecule has 2 aromatic carbocycles. The molecule has 1 fully saturated rings. The Labute approximate surface area is 168 Å². The summed E-state index contributed by atoms with van der Waals surface area (Å²) in [7, 11) is -3.92. The molecule has 1 aliphatic heterocycles. The first-order chi connectivity index (χ1) is 13.2. The van der Waals surface area contributed by atoms with Gasteiger partial charge in [-0.05, 0) is 49.2 Å². The highest BCUT2D eigenvalue weighted by Crippen LogP contribution is 2.38. The number of carbonyl (C=O) groups is 1. The Morgan fingerprint density at radius 1 is 1.21 bits per heavy atom. The Balaban J connectivity index is 1.96. The molecule has 1 amide bonds. The molecule has 7 nitrogen and oxygen atoms in total. The number of thioether (sulfide) groups is 1. The minimum atomic E-state index is -3.92. The summed E-state index contributed by atoms with van der Waals surface area (Å²) in [6, 6.07) is 12.8. The number of hydroxylamine groups is 1. The molecule has 0 aliphatic carbocycles. The van der Waals surface area contributed by atoms with Gasteiger partial charge in [0.25, 0.3) is 5.91 Å². The largest absolute Gasteiger partial charge is 0.399 e. The number of sulfonamides is 1. The quantitative estimate of drug-likeness (QED) is 0.397. The third kappa shape index (κ3) is 3.88. The van der Waals surface area contributed by atoms with Gasteiger partial charge in [-0.25, -0.2) is 13.9 Å². The molecular weight excluding hydrogens is 398 g/mol. The van der Waals surface area contributed by atoms with Gasteiger partial charge in [0.1, 0.15) is 6.04 Å². The fourth-order valence-corrected chi connectivity index (χ4v) is 6.50. The van der Waals surface area contributed by atoms with E-state index in [4.69, 9.17) is 10.9 Å². The normalized spacial score (nSPS) is 19.9. The number of anilines is 1. The average molecular weight is 422 g/mol. The molecule has 0 bridgehead atoms. The predicted octanol–water partition coefficient (Wildman–Crippen LogP) is 2.33. The maximum atomic E-state index is 13.2. The van der Waals surface area contributed by atoms with Gasteiger partial charge >= 0.3 is 0 Å². The van der Waals surface area contributed by atoms with Gasteiger partial charge in [0.2, 0.25) is 10.0 Å². The van der Waals surface area contributed by atoms with Gasteiger partial charge in [-0.2, -0.15) is 16.1 Å². The Hall–Kier alpha value is -2.07. The number of hydrogen-bond donors (Lipinski definition) is 3. The van der Waals surface area contributed by atoms with E-state index in [1.165, 1.54) is 28.2 Å². The van der Waals surface area contributed by atoms with Crippen molar-refractivity contribution < 1.29 is 18.4 Å². The summed E-state index contributed by atoms with van der Waals surface area (Å²) in [5.74, 6) is -0.180. The van der Waals surface area contributed by atoms with Gasteiger partial charge in [0.15, 0.2) is 0 Å².